The average molecular weight is 310 g/mol. The van der Waals surface area contributed by atoms with Crippen LogP contribution in [0, 0.1) is 5.41 Å². The molecule has 2 rings (SSSR count). The molecule has 0 aliphatic carbocycles. The van der Waals surface area contributed by atoms with Crippen LogP contribution in [0.15, 0.2) is 4.52 Å². The van der Waals surface area contributed by atoms with Gasteiger partial charge in [0.25, 0.3) is 5.91 Å². The van der Waals surface area contributed by atoms with Gasteiger partial charge in [0.15, 0.2) is 5.82 Å². The molecule has 0 saturated carbocycles. The number of urea groups is 1. The van der Waals surface area contributed by atoms with E-state index < -0.39 is 12.1 Å². The summed E-state index contributed by atoms with van der Waals surface area (Å²) in [6.07, 6.45) is -0.298. The predicted octanol–water partition coefficient (Wildman–Crippen LogP) is 1.63. The van der Waals surface area contributed by atoms with E-state index in [1.165, 1.54) is 0 Å². The maximum atomic E-state index is 12.3. The molecule has 3 amide bonds. The van der Waals surface area contributed by atoms with Crippen molar-refractivity contribution in [2.75, 3.05) is 6.61 Å². The van der Waals surface area contributed by atoms with Crippen LogP contribution in [0.25, 0.3) is 0 Å². The van der Waals surface area contributed by atoms with Gasteiger partial charge in [-0.05, 0) is 19.3 Å². The number of imide groups is 1. The Bertz CT molecular complexity index is 563. The number of nitrogens with one attached hydrogen (secondary N) is 1. The van der Waals surface area contributed by atoms with Gasteiger partial charge in [-0.2, -0.15) is 4.98 Å². The zero-order valence-corrected chi connectivity index (χ0v) is 13.5. The van der Waals surface area contributed by atoms with Gasteiger partial charge in [0.05, 0.1) is 0 Å². The number of hydrogen-bond acceptors (Lipinski definition) is 6. The molecule has 0 radical (unpaired) electrons. The Morgan fingerprint density at radius 1 is 1.41 bits per heavy atom. The lowest BCUT2D eigenvalue weighted by Gasteiger charge is -2.24. The Morgan fingerprint density at radius 3 is 2.64 bits per heavy atom. The highest BCUT2D eigenvalue weighted by atomic mass is 16.5. The molecule has 0 spiro atoms. The highest BCUT2D eigenvalue weighted by molar-refractivity contribution is 6.04. The number of rotatable bonds is 5. The van der Waals surface area contributed by atoms with Gasteiger partial charge in [0, 0.05) is 6.61 Å². The average Bonchev–Trinajstić information content (AvgIpc) is 2.98. The molecule has 1 aliphatic rings. The maximum absolute atomic E-state index is 12.3. The highest BCUT2D eigenvalue weighted by Gasteiger charge is 2.44. The third-order valence-corrected chi connectivity index (χ3v) is 3.45. The zero-order valence-electron chi connectivity index (χ0n) is 13.5. The minimum atomic E-state index is -0.551. The number of nitrogens with zero attached hydrogens (tertiary/aromatic N) is 3. The van der Waals surface area contributed by atoms with Gasteiger partial charge in [0.2, 0.25) is 5.89 Å². The molecule has 8 heteroatoms. The fraction of sp³-hybridized carbons (Fsp3) is 0.714. The summed E-state index contributed by atoms with van der Waals surface area (Å²) in [5, 5.41) is 6.50. The van der Waals surface area contributed by atoms with Gasteiger partial charge < -0.3 is 14.6 Å². The number of hydrogen-bond donors (Lipinski definition) is 1. The molecule has 2 atom stereocenters. The Hall–Kier alpha value is -1.96. The Labute approximate surface area is 129 Å². The molecule has 1 N–H and O–H groups in total. The van der Waals surface area contributed by atoms with Crippen LogP contribution in [0.3, 0.4) is 0 Å². The third-order valence-electron chi connectivity index (χ3n) is 3.45. The second-order valence-corrected chi connectivity index (χ2v) is 6.32. The van der Waals surface area contributed by atoms with Gasteiger partial charge >= 0.3 is 6.03 Å². The van der Waals surface area contributed by atoms with Crippen LogP contribution in [0.4, 0.5) is 4.79 Å². The molecule has 1 aromatic rings. The van der Waals surface area contributed by atoms with Crippen molar-refractivity contribution in [2.24, 2.45) is 5.41 Å². The summed E-state index contributed by atoms with van der Waals surface area (Å²) < 4.78 is 10.5. The quantitative estimate of drug-likeness (QED) is 0.830. The minimum absolute atomic E-state index is 0.0386. The molecule has 0 aromatic carbocycles. The third kappa shape index (κ3) is 3.27. The second-order valence-electron chi connectivity index (χ2n) is 6.32. The zero-order chi connectivity index (χ0) is 16.5. The molecule has 122 valence electrons. The lowest BCUT2D eigenvalue weighted by atomic mass is 9.87. The van der Waals surface area contributed by atoms with E-state index in [0.29, 0.717) is 12.4 Å². The summed E-state index contributed by atoms with van der Waals surface area (Å²) in [7, 11) is 0. The van der Waals surface area contributed by atoms with E-state index in [1.54, 1.807) is 0 Å². The highest BCUT2D eigenvalue weighted by Crippen LogP contribution is 2.26. The molecule has 1 aliphatic heterocycles. The molecule has 1 saturated heterocycles. The van der Waals surface area contributed by atoms with Crippen molar-refractivity contribution in [3.8, 4) is 0 Å². The number of carbonyl (C=O) groups is 2. The van der Waals surface area contributed by atoms with E-state index in [0.717, 1.165) is 4.90 Å². The Balaban J connectivity index is 2.08. The van der Waals surface area contributed by atoms with Crippen LogP contribution in [0.1, 0.15) is 52.4 Å². The van der Waals surface area contributed by atoms with E-state index in [1.807, 2.05) is 34.6 Å². The van der Waals surface area contributed by atoms with Gasteiger partial charge in [-0.3, -0.25) is 9.69 Å². The molecule has 0 unspecified atom stereocenters. The molecule has 0 bridgehead atoms. The number of aromatic nitrogens is 2. The van der Waals surface area contributed by atoms with Crippen LogP contribution in [0.5, 0.6) is 0 Å². The summed E-state index contributed by atoms with van der Waals surface area (Å²) >= 11 is 0. The van der Waals surface area contributed by atoms with Gasteiger partial charge in [0.1, 0.15) is 18.7 Å². The molecular weight excluding hydrogens is 288 g/mol. The van der Waals surface area contributed by atoms with Crippen molar-refractivity contribution in [2.45, 2.75) is 53.3 Å². The van der Waals surface area contributed by atoms with Crippen LogP contribution in [-0.4, -0.2) is 39.6 Å². The smallest absolute Gasteiger partial charge is 0.325 e. The first kappa shape index (κ1) is 16.4. The molecule has 22 heavy (non-hydrogen) atoms. The van der Waals surface area contributed by atoms with Gasteiger partial charge in [-0.25, -0.2) is 4.79 Å². The summed E-state index contributed by atoms with van der Waals surface area (Å²) in [5.41, 5.74) is -0.356. The topological polar surface area (TPSA) is 97.6 Å². The van der Waals surface area contributed by atoms with Crippen molar-refractivity contribution in [1.82, 2.24) is 20.4 Å². The standard InChI is InChI=1S/C14H22N4O4/c1-6-21-8(2)11-15-9(22-17-11)7-18-12(19)10(14(3,4)5)16-13(18)20/h8,10H,6-7H2,1-5H3,(H,16,20)/t8-,10-/m0/s1. The van der Waals surface area contributed by atoms with Crippen LogP contribution < -0.4 is 5.32 Å². The number of carbonyl (C=O) groups excluding carboxylic acids is 2. The molecule has 2 heterocycles. The molecule has 8 nitrogen and oxygen atoms in total. The molecule has 1 aromatic heterocycles. The Morgan fingerprint density at radius 2 is 2.09 bits per heavy atom. The van der Waals surface area contributed by atoms with Gasteiger partial charge in [-0.15, -0.1) is 0 Å². The van der Waals surface area contributed by atoms with E-state index in [2.05, 4.69) is 15.5 Å². The number of amides is 3. The van der Waals surface area contributed by atoms with E-state index in [4.69, 9.17) is 9.26 Å². The summed E-state index contributed by atoms with van der Waals surface area (Å²) in [5.74, 6) is 0.325. The number of ether oxygens (including phenoxy) is 1. The van der Waals surface area contributed by atoms with Crippen LogP contribution >= 0.6 is 0 Å². The summed E-state index contributed by atoms with van der Waals surface area (Å²) in [6, 6.07) is -0.993. The van der Waals surface area contributed by atoms with E-state index in [9.17, 15) is 9.59 Å². The predicted molar refractivity (Wildman–Crippen MR) is 76.7 cm³/mol. The monoisotopic (exact) mass is 310 g/mol. The maximum Gasteiger partial charge on any atom is 0.325 e. The lowest BCUT2D eigenvalue weighted by Crippen LogP contribution is -2.41. The molecular formula is C14H22N4O4. The SMILES string of the molecule is CCO[C@@H](C)c1noc(CN2C(=O)N[C@H](C(C)(C)C)C2=O)n1. The largest absolute Gasteiger partial charge is 0.371 e. The van der Waals surface area contributed by atoms with Crippen molar-refractivity contribution >= 4 is 11.9 Å². The van der Waals surface area contributed by atoms with E-state index in [-0.39, 0.29) is 29.9 Å². The first-order valence-corrected chi connectivity index (χ1v) is 7.30. The van der Waals surface area contributed by atoms with Crippen molar-refractivity contribution in [1.29, 1.82) is 0 Å². The molecule has 1 fully saturated rings. The van der Waals surface area contributed by atoms with Crippen molar-refractivity contribution < 1.29 is 18.8 Å². The van der Waals surface area contributed by atoms with Crippen molar-refractivity contribution in [3.63, 3.8) is 0 Å². The first-order valence-electron chi connectivity index (χ1n) is 7.30. The van der Waals surface area contributed by atoms with E-state index >= 15 is 0 Å². The Kier molecular flexibility index (Phi) is 4.50. The summed E-state index contributed by atoms with van der Waals surface area (Å²) in [4.78, 5) is 29.6. The first-order chi connectivity index (χ1) is 10.2. The second kappa shape index (κ2) is 6.04. The van der Waals surface area contributed by atoms with Crippen LogP contribution in [-0.2, 0) is 16.1 Å². The van der Waals surface area contributed by atoms with Crippen LogP contribution in [0.2, 0.25) is 0 Å². The van der Waals surface area contributed by atoms with Gasteiger partial charge in [-0.1, -0.05) is 25.9 Å². The lowest BCUT2D eigenvalue weighted by molar-refractivity contribution is -0.130. The minimum Gasteiger partial charge on any atom is -0.371 e. The van der Waals surface area contributed by atoms with Crippen molar-refractivity contribution in [3.05, 3.63) is 11.7 Å². The summed E-state index contributed by atoms with van der Waals surface area (Å²) in [6.45, 7) is 9.86. The fourth-order valence-electron chi connectivity index (χ4n) is 2.21. The normalized spacial score (nSPS) is 20.4. The fourth-order valence-corrected chi connectivity index (χ4v) is 2.21.